The summed E-state index contributed by atoms with van der Waals surface area (Å²) < 4.78 is 0. The molecule has 30 heavy (non-hydrogen) atoms. The number of thiophene rings is 1. The van der Waals surface area contributed by atoms with Crippen molar-refractivity contribution in [2.24, 2.45) is 5.92 Å². The summed E-state index contributed by atoms with van der Waals surface area (Å²) in [5, 5.41) is 7.70. The van der Waals surface area contributed by atoms with E-state index in [4.69, 9.17) is 0 Å². The maximum Gasteiger partial charge on any atom is 0.262 e. The smallest absolute Gasteiger partial charge is 0.262 e. The van der Waals surface area contributed by atoms with Gasteiger partial charge >= 0.3 is 0 Å². The zero-order chi connectivity index (χ0) is 21.3. The highest BCUT2D eigenvalue weighted by Crippen LogP contribution is 2.23. The molecule has 2 heterocycles. The van der Waals surface area contributed by atoms with E-state index >= 15 is 0 Å². The molecule has 2 aromatic rings. The van der Waals surface area contributed by atoms with E-state index < -0.39 is 6.04 Å². The lowest BCUT2D eigenvalue weighted by molar-refractivity contribution is -0.132. The largest absolute Gasteiger partial charge is 0.354 e. The molecule has 3 rings (SSSR count). The van der Waals surface area contributed by atoms with Crippen LogP contribution in [0.2, 0.25) is 0 Å². The predicted octanol–water partition coefficient (Wildman–Crippen LogP) is 2.85. The van der Waals surface area contributed by atoms with Gasteiger partial charge < -0.3 is 15.5 Å². The maximum atomic E-state index is 12.8. The minimum atomic E-state index is -0.586. The third-order valence-corrected chi connectivity index (χ3v) is 6.29. The molecule has 1 aliphatic heterocycles. The maximum absolute atomic E-state index is 12.8. The van der Waals surface area contributed by atoms with Crippen molar-refractivity contribution in [1.82, 2.24) is 15.5 Å². The van der Waals surface area contributed by atoms with Gasteiger partial charge in [-0.15, -0.1) is 11.3 Å². The third kappa shape index (κ3) is 5.92. The number of nitrogens with zero attached hydrogens (tertiary/aromatic N) is 1. The number of hydrogen-bond acceptors (Lipinski definition) is 4. The molecule has 160 valence electrons. The number of nitrogens with one attached hydrogen (secondary N) is 2. The van der Waals surface area contributed by atoms with E-state index in [1.165, 1.54) is 11.3 Å². The number of amides is 3. The normalized spacial score (nSPS) is 15.4. The van der Waals surface area contributed by atoms with Crippen LogP contribution in [-0.2, 0) is 16.0 Å². The van der Waals surface area contributed by atoms with Gasteiger partial charge in [-0.05, 0) is 42.2 Å². The SMILES string of the molecule is CCCNC(=O)C(NC(=O)c1cccs1)C1CCN(C(=O)Cc2ccccc2)CC1. The molecule has 0 spiro atoms. The Kier molecular flexibility index (Phi) is 8.02. The molecule has 0 radical (unpaired) electrons. The quantitative estimate of drug-likeness (QED) is 0.680. The number of carbonyl (C=O) groups excluding carboxylic acids is 3. The molecular formula is C23H29N3O3S. The molecular weight excluding hydrogens is 398 g/mol. The summed E-state index contributed by atoms with van der Waals surface area (Å²) in [5.41, 5.74) is 1.00. The fourth-order valence-electron chi connectivity index (χ4n) is 3.74. The first-order valence-corrected chi connectivity index (χ1v) is 11.4. The lowest BCUT2D eigenvalue weighted by Crippen LogP contribution is -2.54. The van der Waals surface area contributed by atoms with Gasteiger partial charge in [-0.2, -0.15) is 0 Å². The van der Waals surface area contributed by atoms with Gasteiger partial charge in [0.15, 0.2) is 0 Å². The van der Waals surface area contributed by atoms with Crippen molar-refractivity contribution in [3.05, 3.63) is 58.3 Å². The Balaban J connectivity index is 1.60. The average Bonchev–Trinajstić information content (AvgIpc) is 3.31. The molecule has 6 nitrogen and oxygen atoms in total. The van der Waals surface area contributed by atoms with Crippen molar-refractivity contribution in [2.75, 3.05) is 19.6 Å². The van der Waals surface area contributed by atoms with E-state index in [-0.39, 0.29) is 23.6 Å². The van der Waals surface area contributed by atoms with Gasteiger partial charge in [-0.3, -0.25) is 14.4 Å². The second-order valence-corrected chi connectivity index (χ2v) is 8.55. The summed E-state index contributed by atoms with van der Waals surface area (Å²) in [5.74, 6) is -0.249. The van der Waals surface area contributed by atoms with Crippen LogP contribution in [0.25, 0.3) is 0 Å². The number of rotatable bonds is 8. The van der Waals surface area contributed by atoms with E-state index in [1.54, 1.807) is 6.07 Å². The van der Waals surface area contributed by atoms with Gasteiger partial charge in [-0.1, -0.05) is 43.3 Å². The van der Waals surface area contributed by atoms with E-state index in [2.05, 4.69) is 10.6 Å². The van der Waals surface area contributed by atoms with Crippen LogP contribution < -0.4 is 10.6 Å². The summed E-state index contributed by atoms with van der Waals surface area (Å²) in [6.45, 7) is 3.78. The topological polar surface area (TPSA) is 78.5 Å². The summed E-state index contributed by atoms with van der Waals surface area (Å²) in [6, 6.07) is 12.7. The van der Waals surface area contributed by atoms with E-state index in [0.717, 1.165) is 12.0 Å². The molecule has 1 unspecified atom stereocenters. The Labute approximate surface area is 181 Å². The van der Waals surface area contributed by atoms with E-state index in [0.29, 0.717) is 43.8 Å². The second kappa shape index (κ2) is 10.9. The van der Waals surface area contributed by atoms with Crippen molar-refractivity contribution in [3.8, 4) is 0 Å². The molecule has 1 atom stereocenters. The number of carbonyl (C=O) groups is 3. The Hall–Kier alpha value is -2.67. The van der Waals surface area contributed by atoms with E-state index in [1.807, 2.05) is 53.6 Å². The molecule has 2 N–H and O–H groups in total. The molecule has 1 aromatic carbocycles. The Bertz CT molecular complexity index is 831. The van der Waals surface area contributed by atoms with Crippen LogP contribution in [0.3, 0.4) is 0 Å². The zero-order valence-corrected chi connectivity index (χ0v) is 18.1. The van der Waals surface area contributed by atoms with Crippen molar-refractivity contribution in [3.63, 3.8) is 0 Å². The summed E-state index contributed by atoms with van der Waals surface area (Å²) in [4.78, 5) is 40.4. The van der Waals surface area contributed by atoms with Crippen LogP contribution >= 0.6 is 11.3 Å². The summed E-state index contributed by atoms with van der Waals surface area (Å²) in [6.07, 6.45) is 2.61. The molecule has 3 amide bonds. The molecule has 1 fully saturated rings. The van der Waals surface area contributed by atoms with Crippen LogP contribution in [-0.4, -0.2) is 48.3 Å². The zero-order valence-electron chi connectivity index (χ0n) is 17.3. The number of benzene rings is 1. The number of piperidine rings is 1. The molecule has 1 aromatic heterocycles. The first kappa shape index (κ1) is 22.0. The summed E-state index contributed by atoms with van der Waals surface area (Å²) >= 11 is 1.36. The molecule has 0 saturated carbocycles. The standard InChI is InChI=1S/C23H29N3O3S/c1-2-12-24-23(29)21(25-22(28)19-9-6-15-30-19)18-10-13-26(14-11-18)20(27)16-17-7-4-3-5-8-17/h3-9,15,18,21H,2,10-14,16H2,1H3,(H,24,29)(H,25,28). The van der Waals surface area contributed by atoms with Crippen molar-refractivity contribution in [2.45, 2.75) is 38.6 Å². The van der Waals surface area contributed by atoms with Crippen LogP contribution in [0.4, 0.5) is 0 Å². The van der Waals surface area contributed by atoms with Crippen LogP contribution in [0.15, 0.2) is 47.8 Å². The highest BCUT2D eigenvalue weighted by molar-refractivity contribution is 7.12. The average molecular weight is 428 g/mol. The molecule has 7 heteroatoms. The van der Waals surface area contributed by atoms with Gasteiger partial charge in [0.05, 0.1) is 11.3 Å². The van der Waals surface area contributed by atoms with Crippen LogP contribution in [0.5, 0.6) is 0 Å². The van der Waals surface area contributed by atoms with Crippen LogP contribution in [0.1, 0.15) is 41.4 Å². The fourth-order valence-corrected chi connectivity index (χ4v) is 4.37. The Morgan fingerprint density at radius 2 is 1.83 bits per heavy atom. The summed E-state index contributed by atoms with van der Waals surface area (Å²) in [7, 11) is 0. The fraction of sp³-hybridized carbons (Fsp3) is 0.435. The van der Waals surface area contributed by atoms with Crippen molar-refractivity contribution in [1.29, 1.82) is 0 Å². The second-order valence-electron chi connectivity index (χ2n) is 7.60. The highest BCUT2D eigenvalue weighted by Gasteiger charge is 2.34. The lowest BCUT2D eigenvalue weighted by Gasteiger charge is -2.36. The van der Waals surface area contributed by atoms with E-state index in [9.17, 15) is 14.4 Å². The minimum Gasteiger partial charge on any atom is -0.354 e. The number of hydrogen-bond donors (Lipinski definition) is 2. The monoisotopic (exact) mass is 427 g/mol. The Morgan fingerprint density at radius 1 is 1.10 bits per heavy atom. The van der Waals surface area contributed by atoms with Gasteiger partial charge in [0.1, 0.15) is 6.04 Å². The third-order valence-electron chi connectivity index (χ3n) is 5.43. The van der Waals surface area contributed by atoms with Gasteiger partial charge in [0.25, 0.3) is 5.91 Å². The molecule has 0 aliphatic carbocycles. The predicted molar refractivity (Wildman–Crippen MR) is 118 cm³/mol. The first-order chi connectivity index (χ1) is 14.6. The van der Waals surface area contributed by atoms with Gasteiger partial charge in [0, 0.05) is 19.6 Å². The number of likely N-dealkylation sites (tertiary alicyclic amines) is 1. The highest BCUT2D eigenvalue weighted by atomic mass is 32.1. The first-order valence-electron chi connectivity index (χ1n) is 10.5. The molecule has 1 aliphatic rings. The molecule has 1 saturated heterocycles. The molecule has 0 bridgehead atoms. The minimum absolute atomic E-state index is 0.00606. The van der Waals surface area contributed by atoms with Gasteiger partial charge in [-0.25, -0.2) is 0 Å². The van der Waals surface area contributed by atoms with Crippen molar-refractivity contribution < 1.29 is 14.4 Å². The Morgan fingerprint density at radius 3 is 2.47 bits per heavy atom. The van der Waals surface area contributed by atoms with Crippen LogP contribution in [0, 0.1) is 5.92 Å². The van der Waals surface area contributed by atoms with Gasteiger partial charge in [0.2, 0.25) is 11.8 Å². The van der Waals surface area contributed by atoms with Crippen molar-refractivity contribution >= 4 is 29.1 Å². The lowest BCUT2D eigenvalue weighted by atomic mass is 9.88.